The molecule has 0 bridgehead atoms. The Morgan fingerprint density at radius 3 is 2.56 bits per heavy atom. The molecule has 2 aromatic rings. The van der Waals surface area contributed by atoms with Crippen LogP contribution in [0.1, 0.15) is 42.1 Å². The molecule has 0 unspecified atom stereocenters. The summed E-state index contributed by atoms with van der Waals surface area (Å²) in [7, 11) is 0. The number of carbonyl (C=O) groups excluding carboxylic acids is 1. The van der Waals surface area contributed by atoms with E-state index in [1.807, 2.05) is 4.90 Å². The molecule has 1 N–H and O–H groups in total. The van der Waals surface area contributed by atoms with E-state index in [1.54, 1.807) is 0 Å². The van der Waals surface area contributed by atoms with Crippen LogP contribution < -0.4 is 0 Å². The average molecular weight is 342 g/mol. The number of likely N-dealkylation sites (N-methyl/N-ethyl adjacent to an activating group) is 1. The van der Waals surface area contributed by atoms with Gasteiger partial charge in [0.15, 0.2) is 0 Å². The Hall–Kier alpha value is -1.81. The Bertz CT molecular complexity index is 757. The van der Waals surface area contributed by atoms with E-state index in [4.69, 9.17) is 4.74 Å². The summed E-state index contributed by atoms with van der Waals surface area (Å²) in [5.74, 6) is 0.810. The molecule has 0 aliphatic carbocycles. The molecule has 0 saturated carbocycles. The summed E-state index contributed by atoms with van der Waals surface area (Å²) in [6.45, 7) is 11.7. The van der Waals surface area contributed by atoms with Crippen LogP contribution in [0.15, 0.2) is 12.1 Å². The van der Waals surface area contributed by atoms with Gasteiger partial charge in [-0.1, -0.05) is 12.1 Å². The van der Waals surface area contributed by atoms with Crippen LogP contribution >= 0.6 is 0 Å². The first-order valence-electron chi connectivity index (χ1n) is 9.44. The molecule has 3 rings (SSSR count). The quantitative estimate of drug-likeness (QED) is 0.895. The SMILES string of the molecule is CCN(CC1CCOCC1)C(=O)Cc1c(C)[nH]c2c(C)ccc(C)c12. The maximum absolute atomic E-state index is 13.0. The number of amides is 1. The van der Waals surface area contributed by atoms with E-state index < -0.39 is 0 Å². The number of ether oxygens (including phenoxy) is 1. The molecule has 1 aromatic carbocycles. The Kier molecular flexibility index (Phi) is 5.48. The fourth-order valence-electron chi connectivity index (χ4n) is 3.94. The maximum atomic E-state index is 13.0. The highest BCUT2D eigenvalue weighted by atomic mass is 16.5. The Morgan fingerprint density at radius 1 is 1.20 bits per heavy atom. The molecule has 1 aromatic heterocycles. The van der Waals surface area contributed by atoms with Crippen molar-refractivity contribution in [3.63, 3.8) is 0 Å². The summed E-state index contributed by atoms with van der Waals surface area (Å²) < 4.78 is 5.44. The van der Waals surface area contributed by atoms with Crippen LogP contribution in [0.3, 0.4) is 0 Å². The Balaban J connectivity index is 1.80. The van der Waals surface area contributed by atoms with E-state index in [-0.39, 0.29) is 5.91 Å². The molecular weight excluding hydrogens is 312 g/mol. The minimum atomic E-state index is 0.235. The van der Waals surface area contributed by atoms with Gasteiger partial charge in [-0.05, 0) is 63.1 Å². The topological polar surface area (TPSA) is 45.3 Å². The summed E-state index contributed by atoms with van der Waals surface area (Å²) in [4.78, 5) is 18.5. The van der Waals surface area contributed by atoms with Crippen molar-refractivity contribution >= 4 is 16.8 Å². The number of benzene rings is 1. The molecule has 1 aliphatic heterocycles. The summed E-state index contributed by atoms with van der Waals surface area (Å²) in [5.41, 5.74) is 5.92. The summed E-state index contributed by atoms with van der Waals surface area (Å²) in [6, 6.07) is 4.29. The molecule has 1 aliphatic rings. The lowest BCUT2D eigenvalue weighted by Gasteiger charge is -2.29. The van der Waals surface area contributed by atoms with E-state index in [9.17, 15) is 4.79 Å². The van der Waals surface area contributed by atoms with Crippen LogP contribution in [-0.4, -0.2) is 42.1 Å². The predicted octanol–water partition coefficient (Wildman–Crippen LogP) is 3.91. The average Bonchev–Trinajstić information content (AvgIpc) is 2.94. The molecule has 2 heterocycles. The highest BCUT2D eigenvalue weighted by molar-refractivity contribution is 5.93. The molecular formula is C21H30N2O2. The van der Waals surface area contributed by atoms with E-state index >= 15 is 0 Å². The number of fused-ring (bicyclic) bond motifs is 1. The van der Waals surface area contributed by atoms with Crippen molar-refractivity contribution in [2.24, 2.45) is 5.92 Å². The lowest BCUT2D eigenvalue weighted by molar-refractivity contribution is -0.131. The van der Waals surface area contributed by atoms with Crippen molar-refractivity contribution in [2.75, 3.05) is 26.3 Å². The third kappa shape index (κ3) is 3.74. The van der Waals surface area contributed by atoms with Gasteiger partial charge in [0.25, 0.3) is 0 Å². The number of aryl methyl sites for hydroxylation is 3. The molecule has 4 nitrogen and oxygen atoms in total. The van der Waals surface area contributed by atoms with Gasteiger partial charge in [-0.3, -0.25) is 4.79 Å². The number of aromatic amines is 1. The lowest BCUT2D eigenvalue weighted by Crippen LogP contribution is -2.38. The third-order valence-electron chi connectivity index (χ3n) is 5.57. The van der Waals surface area contributed by atoms with Crippen LogP contribution in [0.5, 0.6) is 0 Å². The summed E-state index contributed by atoms with van der Waals surface area (Å²) in [5, 5.41) is 1.23. The summed E-state index contributed by atoms with van der Waals surface area (Å²) in [6.07, 6.45) is 2.61. The van der Waals surface area contributed by atoms with Gasteiger partial charge in [0.1, 0.15) is 0 Å². The standard InChI is InChI=1S/C21H30N2O2/c1-5-23(13-17-8-10-25-11-9-17)19(24)12-18-16(4)22-21-15(3)7-6-14(2)20(18)21/h6-7,17,22H,5,8-13H2,1-4H3. The number of nitrogens with one attached hydrogen (secondary N) is 1. The van der Waals surface area contributed by atoms with Crippen LogP contribution in [0.4, 0.5) is 0 Å². The normalized spacial score (nSPS) is 15.7. The second kappa shape index (κ2) is 7.61. The van der Waals surface area contributed by atoms with Gasteiger partial charge in [-0.2, -0.15) is 0 Å². The van der Waals surface area contributed by atoms with Crippen LogP contribution in [0.25, 0.3) is 10.9 Å². The van der Waals surface area contributed by atoms with Gasteiger partial charge in [0.2, 0.25) is 5.91 Å². The highest BCUT2D eigenvalue weighted by Gasteiger charge is 2.22. The zero-order chi connectivity index (χ0) is 18.0. The predicted molar refractivity (Wildman–Crippen MR) is 102 cm³/mol. The van der Waals surface area contributed by atoms with Crippen molar-refractivity contribution in [1.82, 2.24) is 9.88 Å². The van der Waals surface area contributed by atoms with Crippen molar-refractivity contribution in [2.45, 2.75) is 47.0 Å². The maximum Gasteiger partial charge on any atom is 0.227 e. The second-order valence-corrected chi connectivity index (χ2v) is 7.34. The highest BCUT2D eigenvalue weighted by Crippen LogP contribution is 2.29. The van der Waals surface area contributed by atoms with Crippen LogP contribution in [-0.2, 0) is 16.0 Å². The third-order valence-corrected chi connectivity index (χ3v) is 5.57. The van der Waals surface area contributed by atoms with E-state index in [0.717, 1.165) is 50.4 Å². The van der Waals surface area contributed by atoms with Gasteiger partial charge in [-0.25, -0.2) is 0 Å². The number of H-pyrrole nitrogens is 1. The number of hydrogen-bond donors (Lipinski definition) is 1. The first-order valence-corrected chi connectivity index (χ1v) is 9.44. The van der Waals surface area contributed by atoms with Gasteiger partial charge in [-0.15, -0.1) is 0 Å². The first kappa shape index (κ1) is 18.0. The number of carbonyl (C=O) groups is 1. The monoisotopic (exact) mass is 342 g/mol. The molecule has 1 fully saturated rings. The van der Waals surface area contributed by atoms with E-state index in [0.29, 0.717) is 12.3 Å². The van der Waals surface area contributed by atoms with E-state index in [2.05, 4.69) is 44.8 Å². The minimum Gasteiger partial charge on any atom is -0.381 e. The molecule has 0 atom stereocenters. The zero-order valence-corrected chi connectivity index (χ0v) is 15.9. The molecule has 0 spiro atoms. The zero-order valence-electron chi connectivity index (χ0n) is 15.9. The number of nitrogens with zero attached hydrogens (tertiary/aromatic N) is 1. The van der Waals surface area contributed by atoms with Gasteiger partial charge < -0.3 is 14.6 Å². The largest absolute Gasteiger partial charge is 0.381 e. The second-order valence-electron chi connectivity index (χ2n) is 7.34. The molecule has 25 heavy (non-hydrogen) atoms. The Labute approximate surface area is 150 Å². The van der Waals surface area contributed by atoms with Crippen LogP contribution in [0.2, 0.25) is 0 Å². The fourth-order valence-corrected chi connectivity index (χ4v) is 3.94. The number of hydrogen-bond acceptors (Lipinski definition) is 2. The van der Waals surface area contributed by atoms with Crippen molar-refractivity contribution < 1.29 is 9.53 Å². The molecule has 1 saturated heterocycles. The van der Waals surface area contributed by atoms with Gasteiger partial charge >= 0.3 is 0 Å². The number of rotatable bonds is 5. The van der Waals surface area contributed by atoms with Gasteiger partial charge in [0, 0.05) is 42.9 Å². The minimum absolute atomic E-state index is 0.235. The van der Waals surface area contributed by atoms with Crippen molar-refractivity contribution in [3.8, 4) is 0 Å². The lowest BCUT2D eigenvalue weighted by atomic mass is 9.98. The molecule has 0 radical (unpaired) electrons. The number of aromatic nitrogens is 1. The van der Waals surface area contributed by atoms with Crippen molar-refractivity contribution in [1.29, 1.82) is 0 Å². The Morgan fingerprint density at radius 2 is 1.88 bits per heavy atom. The molecule has 136 valence electrons. The van der Waals surface area contributed by atoms with E-state index in [1.165, 1.54) is 22.0 Å². The van der Waals surface area contributed by atoms with Crippen LogP contribution in [0, 0.1) is 26.7 Å². The molecule has 4 heteroatoms. The smallest absolute Gasteiger partial charge is 0.227 e. The van der Waals surface area contributed by atoms with Crippen molar-refractivity contribution in [3.05, 3.63) is 34.5 Å². The fraction of sp³-hybridized carbons (Fsp3) is 0.571. The van der Waals surface area contributed by atoms with Gasteiger partial charge in [0.05, 0.1) is 6.42 Å². The molecule has 1 amide bonds. The first-order chi connectivity index (χ1) is 12.0. The summed E-state index contributed by atoms with van der Waals surface area (Å²) >= 11 is 0.